The van der Waals surface area contributed by atoms with Gasteiger partial charge in [0.2, 0.25) is 0 Å². The van der Waals surface area contributed by atoms with Crippen LogP contribution in [-0.4, -0.2) is 18.6 Å². The predicted molar refractivity (Wildman–Crippen MR) is 88.6 cm³/mol. The van der Waals surface area contributed by atoms with Gasteiger partial charge in [-0.3, -0.25) is 0 Å². The molecule has 3 heteroatoms. The molecule has 3 nitrogen and oxygen atoms in total. The summed E-state index contributed by atoms with van der Waals surface area (Å²) in [6, 6.07) is 18.0. The fourth-order valence-electron chi connectivity index (χ4n) is 2.90. The van der Waals surface area contributed by atoms with Crippen molar-refractivity contribution in [2.45, 2.75) is 19.9 Å². The van der Waals surface area contributed by atoms with Crippen LogP contribution >= 0.6 is 0 Å². The van der Waals surface area contributed by atoms with E-state index in [0.29, 0.717) is 12.2 Å². The van der Waals surface area contributed by atoms with E-state index >= 15 is 0 Å². The number of carbonyl (C=O) groups is 1. The molecule has 0 aliphatic carbocycles. The normalized spacial score (nSPS) is 16.7. The van der Waals surface area contributed by atoms with E-state index in [-0.39, 0.29) is 12.0 Å². The van der Waals surface area contributed by atoms with E-state index in [1.807, 2.05) is 68.4 Å². The predicted octanol–water partition coefficient (Wildman–Crippen LogP) is 3.87. The molecule has 0 saturated carbocycles. The summed E-state index contributed by atoms with van der Waals surface area (Å²) in [5, 5.41) is 3.39. The first kappa shape index (κ1) is 14.4. The number of fused-ring (bicyclic) bond motifs is 1. The van der Waals surface area contributed by atoms with E-state index in [0.717, 1.165) is 22.4 Å². The highest BCUT2D eigenvalue weighted by molar-refractivity contribution is 6.06. The average Bonchev–Trinajstić information content (AvgIpc) is 2.54. The zero-order valence-corrected chi connectivity index (χ0v) is 12.8. The first-order chi connectivity index (χ1) is 10.7. The Hall–Kier alpha value is -2.55. The lowest BCUT2D eigenvalue weighted by Gasteiger charge is -2.29. The summed E-state index contributed by atoms with van der Waals surface area (Å²) >= 11 is 0. The lowest BCUT2D eigenvalue weighted by molar-refractivity contribution is -0.138. The number of esters is 1. The maximum absolute atomic E-state index is 12.5. The zero-order chi connectivity index (χ0) is 15.5. The van der Waals surface area contributed by atoms with Gasteiger partial charge in [-0.1, -0.05) is 48.5 Å². The summed E-state index contributed by atoms with van der Waals surface area (Å²) in [4.78, 5) is 12.5. The fraction of sp³-hybridized carbons (Fsp3) is 0.211. The van der Waals surface area contributed by atoms with Gasteiger partial charge in [-0.25, -0.2) is 4.79 Å². The summed E-state index contributed by atoms with van der Waals surface area (Å²) in [6.07, 6.45) is 0. The largest absolute Gasteiger partial charge is 0.463 e. The number of nitrogens with one attached hydrogen (secondary N) is 1. The molecule has 1 heterocycles. The molecule has 0 aromatic heterocycles. The van der Waals surface area contributed by atoms with Gasteiger partial charge >= 0.3 is 5.97 Å². The van der Waals surface area contributed by atoms with Crippen molar-refractivity contribution in [3.63, 3.8) is 0 Å². The minimum absolute atomic E-state index is 0.0934. The first-order valence-electron chi connectivity index (χ1n) is 7.55. The maximum Gasteiger partial charge on any atom is 0.336 e. The molecule has 0 saturated heterocycles. The third kappa shape index (κ3) is 2.50. The van der Waals surface area contributed by atoms with E-state index in [9.17, 15) is 4.79 Å². The molecule has 2 aromatic carbocycles. The van der Waals surface area contributed by atoms with Gasteiger partial charge in [0.25, 0.3) is 0 Å². The van der Waals surface area contributed by atoms with E-state index in [2.05, 4.69) is 5.32 Å². The third-order valence-electron chi connectivity index (χ3n) is 3.83. The molecule has 1 atom stereocenters. The van der Waals surface area contributed by atoms with E-state index in [1.54, 1.807) is 0 Å². The monoisotopic (exact) mass is 293 g/mol. The van der Waals surface area contributed by atoms with E-state index < -0.39 is 0 Å². The van der Waals surface area contributed by atoms with Crippen molar-refractivity contribution in [2.75, 3.05) is 11.9 Å². The highest BCUT2D eigenvalue weighted by Crippen LogP contribution is 2.38. The van der Waals surface area contributed by atoms with Crippen LogP contribution in [-0.2, 0) is 9.53 Å². The Kier molecular flexibility index (Phi) is 3.96. The lowest BCUT2D eigenvalue weighted by atomic mass is 9.86. The number of para-hydroxylation sites is 1. The number of hydrogen-bond acceptors (Lipinski definition) is 3. The van der Waals surface area contributed by atoms with Crippen LogP contribution in [0.1, 0.15) is 25.0 Å². The van der Waals surface area contributed by atoms with Crippen molar-refractivity contribution in [1.82, 2.24) is 0 Å². The summed E-state index contributed by atoms with van der Waals surface area (Å²) < 4.78 is 5.28. The molecule has 0 spiro atoms. The van der Waals surface area contributed by atoms with Gasteiger partial charge in [-0.15, -0.1) is 0 Å². The Morgan fingerprint density at radius 3 is 2.50 bits per heavy atom. The smallest absolute Gasteiger partial charge is 0.336 e. The highest BCUT2D eigenvalue weighted by atomic mass is 16.5. The SMILES string of the molecule is CCOC(=O)C1=C(c2ccccc2)c2ccccc2NC1C. The number of anilines is 1. The van der Waals surface area contributed by atoms with Gasteiger partial charge in [0.1, 0.15) is 0 Å². The third-order valence-corrected chi connectivity index (χ3v) is 3.83. The molecule has 1 N–H and O–H groups in total. The van der Waals surface area contributed by atoms with Crippen LogP contribution in [0.15, 0.2) is 60.2 Å². The van der Waals surface area contributed by atoms with Gasteiger partial charge in [-0.05, 0) is 25.5 Å². The summed E-state index contributed by atoms with van der Waals surface area (Å²) in [7, 11) is 0. The van der Waals surface area contributed by atoms with E-state index in [1.165, 1.54) is 0 Å². The standard InChI is InChI=1S/C19H19NO2/c1-3-22-19(21)17-13(2)20-16-12-8-7-11-15(16)18(17)14-9-5-4-6-10-14/h4-13,20H,3H2,1-2H3. The van der Waals surface area contributed by atoms with Gasteiger partial charge < -0.3 is 10.1 Å². The number of carbonyl (C=O) groups excluding carboxylic acids is 1. The highest BCUT2D eigenvalue weighted by Gasteiger charge is 2.30. The quantitative estimate of drug-likeness (QED) is 0.873. The Bertz CT molecular complexity index is 719. The molecule has 112 valence electrons. The molecular formula is C19H19NO2. The maximum atomic E-state index is 12.5. The fourth-order valence-corrected chi connectivity index (χ4v) is 2.90. The Morgan fingerprint density at radius 2 is 1.77 bits per heavy atom. The summed E-state index contributed by atoms with van der Waals surface area (Å²) in [5.41, 5.74) is 4.76. The molecule has 0 fully saturated rings. The molecule has 22 heavy (non-hydrogen) atoms. The molecule has 0 amide bonds. The molecule has 0 radical (unpaired) electrons. The zero-order valence-electron chi connectivity index (χ0n) is 12.8. The Labute approximate surface area is 130 Å². The van der Waals surface area contributed by atoms with Crippen LogP contribution in [0.4, 0.5) is 5.69 Å². The van der Waals surface area contributed by atoms with Gasteiger partial charge in [-0.2, -0.15) is 0 Å². The lowest BCUT2D eigenvalue weighted by Crippen LogP contribution is -2.30. The second kappa shape index (κ2) is 6.06. The van der Waals surface area contributed by atoms with Crippen LogP contribution in [0.2, 0.25) is 0 Å². The first-order valence-corrected chi connectivity index (χ1v) is 7.55. The van der Waals surface area contributed by atoms with Crippen LogP contribution in [0.25, 0.3) is 5.57 Å². The van der Waals surface area contributed by atoms with Gasteiger partial charge in [0.05, 0.1) is 18.2 Å². The van der Waals surface area contributed by atoms with Crippen molar-refractivity contribution >= 4 is 17.2 Å². The molecule has 1 unspecified atom stereocenters. The van der Waals surface area contributed by atoms with Crippen LogP contribution in [0, 0.1) is 0 Å². The second-order valence-corrected chi connectivity index (χ2v) is 5.29. The molecule has 2 aromatic rings. The summed E-state index contributed by atoms with van der Waals surface area (Å²) in [6.45, 7) is 4.19. The van der Waals surface area contributed by atoms with Crippen LogP contribution < -0.4 is 5.32 Å². The topological polar surface area (TPSA) is 38.3 Å². The van der Waals surface area contributed by atoms with Crippen molar-refractivity contribution in [1.29, 1.82) is 0 Å². The van der Waals surface area contributed by atoms with Crippen molar-refractivity contribution < 1.29 is 9.53 Å². The average molecular weight is 293 g/mol. The number of rotatable bonds is 3. The van der Waals surface area contributed by atoms with Crippen molar-refractivity contribution in [3.05, 3.63) is 71.3 Å². The van der Waals surface area contributed by atoms with Crippen LogP contribution in [0.5, 0.6) is 0 Å². The number of benzene rings is 2. The second-order valence-electron chi connectivity index (χ2n) is 5.29. The number of ether oxygens (including phenoxy) is 1. The summed E-state index contributed by atoms with van der Waals surface area (Å²) in [5.74, 6) is -0.254. The minimum atomic E-state index is -0.254. The van der Waals surface area contributed by atoms with Crippen molar-refractivity contribution in [3.8, 4) is 0 Å². The van der Waals surface area contributed by atoms with Gasteiger partial charge in [0.15, 0.2) is 0 Å². The molecular weight excluding hydrogens is 274 g/mol. The van der Waals surface area contributed by atoms with Crippen molar-refractivity contribution in [2.24, 2.45) is 0 Å². The molecule has 1 aliphatic heterocycles. The number of hydrogen-bond donors (Lipinski definition) is 1. The van der Waals surface area contributed by atoms with Gasteiger partial charge in [0, 0.05) is 16.8 Å². The Morgan fingerprint density at radius 1 is 1.09 bits per heavy atom. The molecule has 3 rings (SSSR count). The molecule has 1 aliphatic rings. The Balaban J connectivity index is 2.25. The minimum Gasteiger partial charge on any atom is -0.463 e. The van der Waals surface area contributed by atoms with Crippen LogP contribution in [0.3, 0.4) is 0 Å². The molecule has 0 bridgehead atoms. The van der Waals surface area contributed by atoms with E-state index in [4.69, 9.17) is 4.74 Å².